The van der Waals surface area contributed by atoms with Crippen LogP contribution in [0.3, 0.4) is 0 Å². The number of nitrogens with zero attached hydrogens (tertiary/aromatic N) is 2. The van der Waals surface area contributed by atoms with Crippen molar-refractivity contribution >= 4 is 29.1 Å². The van der Waals surface area contributed by atoms with E-state index in [-0.39, 0.29) is 5.91 Å². The lowest BCUT2D eigenvalue weighted by Gasteiger charge is -2.07. The number of carbonyl (C=O) groups is 1. The van der Waals surface area contributed by atoms with Crippen LogP contribution >= 0.6 is 11.6 Å². The molecule has 1 amide bonds. The van der Waals surface area contributed by atoms with E-state index in [0.717, 1.165) is 11.3 Å². The zero-order valence-corrected chi connectivity index (χ0v) is 13.1. The Morgan fingerprint density at radius 3 is 2.68 bits per heavy atom. The lowest BCUT2D eigenvalue weighted by atomic mass is 10.2. The quantitative estimate of drug-likeness (QED) is 0.800. The van der Waals surface area contributed by atoms with Gasteiger partial charge in [0, 0.05) is 36.8 Å². The lowest BCUT2D eigenvalue weighted by Crippen LogP contribution is -2.27. The predicted molar refractivity (Wildman–Crippen MR) is 85.7 cm³/mol. The molecule has 116 valence electrons. The van der Waals surface area contributed by atoms with E-state index in [4.69, 9.17) is 16.3 Å². The minimum Gasteiger partial charge on any atom is -0.383 e. The first-order chi connectivity index (χ1) is 10.6. The Morgan fingerprint density at radius 1 is 1.32 bits per heavy atom. The number of nitrogens with one attached hydrogen (secondary N) is 2. The van der Waals surface area contributed by atoms with Gasteiger partial charge in [-0.05, 0) is 24.6 Å². The zero-order valence-electron chi connectivity index (χ0n) is 12.4. The number of hydrogen-bond acceptors (Lipinski definition) is 5. The summed E-state index contributed by atoms with van der Waals surface area (Å²) in [5, 5.41) is 6.40. The van der Waals surface area contributed by atoms with E-state index in [9.17, 15) is 4.79 Å². The Kier molecular flexibility index (Phi) is 5.68. The van der Waals surface area contributed by atoms with E-state index in [0.29, 0.717) is 29.7 Å². The molecule has 2 rings (SSSR count). The smallest absolute Gasteiger partial charge is 0.254 e. The van der Waals surface area contributed by atoms with Gasteiger partial charge in [-0.1, -0.05) is 17.7 Å². The molecule has 1 heterocycles. The first-order valence-corrected chi connectivity index (χ1v) is 7.10. The van der Waals surface area contributed by atoms with Crippen molar-refractivity contribution in [3.8, 4) is 0 Å². The molecule has 0 aliphatic carbocycles. The summed E-state index contributed by atoms with van der Waals surface area (Å²) in [6, 6.07) is 5.59. The van der Waals surface area contributed by atoms with Crippen LogP contribution in [0.15, 0.2) is 30.6 Å². The van der Waals surface area contributed by atoms with Crippen LogP contribution in [0.2, 0.25) is 5.02 Å². The van der Waals surface area contributed by atoms with E-state index in [1.165, 1.54) is 12.4 Å². The number of methoxy groups -OCH3 is 1. The summed E-state index contributed by atoms with van der Waals surface area (Å²) in [6.07, 6.45) is 2.93. The summed E-state index contributed by atoms with van der Waals surface area (Å²) in [5.74, 6) is 0.162. The molecule has 0 spiro atoms. The maximum atomic E-state index is 11.8. The number of aromatic nitrogens is 2. The van der Waals surface area contributed by atoms with E-state index < -0.39 is 0 Å². The molecule has 1 aromatic heterocycles. The highest BCUT2D eigenvalue weighted by molar-refractivity contribution is 6.31. The maximum Gasteiger partial charge on any atom is 0.254 e. The van der Waals surface area contributed by atoms with Crippen LogP contribution in [0.4, 0.5) is 11.6 Å². The number of anilines is 2. The standard InChI is InChI=1S/C15H17ClN4O2/c1-10-3-4-12(7-13(10)16)20-15-18-8-11(9-19-15)14(21)17-5-6-22-2/h3-4,7-9H,5-6H2,1-2H3,(H,17,21)(H,18,19,20). The molecule has 1 aromatic carbocycles. The average molecular weight is 321 g/mol. The summed E-state index contributed by atoms with van der Waals surface area (Å²) < 4.78 is 4.86. The van der Waals surface area contributed by atoms with Gasteiger partial charge in [-0.3, -0.25) is 4.79 Å². The maximum absolute atomic E-state index is 11.8. The molecule has 0 aliphatic rings. The number of amides is 1. The van der Waals surface area contributed by atoms with E-state index in [2.05, 4.69) is 20.6 Å². The molecular weight excluding hydrogens is 304 g/mol. The summed E-state index contributed by atoms with van der Waals surface area (Å²) >= 11 is 6.06. The second-order valence-electron chi connectivity index (χ2n) is 4.63. The Bertz CT molecular complexity index is 646. The molecule has 22 heavy (non-hydrogen) atoms. The molecule has 2 N–H and O–H groups in total. The molecule has 0 unspecified atom stereocenters. The molecule has 0 atom stereocenters. The van der Waals surface area contributed by atoms with Gasteiger partial charge in [-0.15, -0.1) is 0 Å². The van der Waals surface area contributed by atoms with Gasteiger partial charge in [0.15, 0.2) is 0 Å². The van der Waals surface area contributed by atoms with Crippen molar-refractivity contribution in [3.05, 3.63) is 46.7 Å². The third-order valence-electron chi connectivity index (χ3n) is 2.93. The van der Waals surface area contributed by atoms with Crippen molar-refractivity contribution in [2.45, 2.75) is 6.92 Å². The number of rotatable bonds is 6. The Labute approximate surface area is 133 Å². The molecule has 7 heteroatoms. The summed E-state index contributed by atoms with van der Waals surface area (Å²) in [6.45, 7) is 2.83. The normalized spacial score (nSPS) is 10.3. The van der Waals surface area contributed by atoms with Gasteiger partial charge in [-0.2, -0.15) is 0 Å². The van der Waals surface area contributed by atoms with Crippen LogP contribution < -0.4 is 10.6 Å². The SMILES string of the molecule is COCCNC(=O)c1cnc(Nc2ccc(C)c(Cl)c2)nc1. The van der Waals surface area contributed by atoms with Gasteiger partial charge in [0.05, 0.1) is 12.2 Å². The van der Waals surface area contributed by atoms with Crippen LogP contribution in [0.25, 0.3) is 0 Å². The average Bonchev–Trinajstić information content (AvgIpc) is 2.52. The third kappa shape index (κ3) is 4.41. The fourth-order valence-electron chi connectivity index (χ4n) is 1.68. The monoisotopic (exact) mass is 320 g/mol. The van der Waals surface area contributed by atoms with Crippen molar-refractivity contribution in [1.29, 1.82) is 0 Å². The van der Waals surface area contributed by atoms with Gasteiger partial charge in [-0.25, -0.2) is 9.97 Å². The van der Waals surface area contributed by atoms with Crippen molar-refractivity contribution in [2.75, 3.05) is 25.6 Å². The fraction of sp³-hybridized carbons (Fsp3) is 0.267. The molecule has 0 fully saturated rings. The van der Waals surface area contributed by atoms with Gasteiger partial charge in [0.2, 0.25) is 5.95 Å². The zero-order chi connectivity index (χ0) is 15.9. The second-order valence-corrected chi connectivity index (χ2v) is 5.04. The number of ether oxygens (including phenoxy) is 1. The van der Waals surface area contributed by atoms with Crippen LogP contribution in [-0.2, 0) is 4.74 Å². The highest BCUT2D eigenvalue weighted by Gasteiger charge is 2.07. The fourth-order valence-corrected chi connectivity index (χ4v) is 1.86. The first kappa shape index (κ1) is 16.2. The molecule has 0 saturated carbocycles. The Morgan fingerprint density at radius 2 is 2.05 bits per heavy atom. The molecule has 0 radical (unpaired) electrons. The van der Waals surface area contributed by atoms with Crippen molar-refractivity contribution in [1.82, 2.24) is 15.3 Å². The van der Waals surface area contributed by atoms with Gasteiger partial charge in [0.1, 0.15) is 0 Å². The topological polar surface area (TPSA) is 76.1 Å². The highest BCUT2D eigenvalue weighted by Crippen LogP contribution is 2.21. The first-order valence-electron chi connectivity index (χ1n) is 6.72. The lowest BCUT2D eigenvalue weighted by molar-refractivity contribution is 0.0936. The highest BCUT2D eigenvalue weighted by atomic mass is 35.5. The minimum atomic E-state index is -0.234. The molecule has 2 aromatic rings. The molecular formula is C15H17ClN4O2. The predicted octanol–water partition coefficient (Wildman–Crippen LogP) is 2.56. The molecule has 0 aliphatic heterocycles. The van der Waals surface area contributed by atoms with Crippen molar-refractivity contribution < 1.29 is 9.53 Å². The molecule has 0 bridgehead atoms. The summed E-state index contributed by atoms with van der Waals surface area (Å²) in [5.41, 5.74) is 2.17. The van der Waals surface area contributed by atoms with Crippen molar-refractivity contribution in [3.63, 3.8) is 0 Å². The van der Waals surface area contributed by atoms with E-state index >= 15 is 0 Å². The third-order valence-corrected chi connectivity index (χ3v) is 3.34. The summed E-state index contributed by atoms with van der Waals surface area (Å²) in [7, 11) is 1.58. The Hall–Kier alpha value is -2.18. The van der Waals surface area contributed by atoms with Crippen LogP contribution in [0, 0.1) is 6.92 Å². The van der Waals surface area contributed by atoms with E-state index in [1.54, 1.807) is 13.2 Å². The largest absolute Gasteiger partial charge is 0.383 e. The van der Waals surface area contributed by atoms with Gasteiger partial charge >= 0.3 is 0 Å². The number of carbonyl (C=O) groups excluding carboxylic acids is 1. The van der Waals surface area contributed by atoms with Gasteiger partial charge < -0.3 is 15.4 Å². The number of hydrogen-bond donors (Lipinski definition) is 2. The van der Waals surface area contributed by atoms with Crippen LogP contribution in [0.5, 0.6) is 0 Å². The number of benzene rings is 1. The second kappa shape index (κ2) is 7.72. The molecule has 0 saturated heterocycles. The van der Waals surface area contributed by atoms with Crippen LogP contribution in [0.1, 0.15) is 15.9 Å². The minimum absolute atomic E-state index is 0.234. The number of aryl methyl sites for hydroxylation is 1. The van der Waals surface area contributed by atoms with Gasteiger partial charge in [0.25, 0.3) is 5.91 Å². The van der Waals surface area contributed by atoms with Crippen molar-refractivity contribution in [2.24, 2.45) is 0 Å². The van der Waals surface area contributed by atoms with Crippen LogP contribution in [-0.4, -0.2) is 36.1 Å². The Balaban J connectivity index is 1.99. The van der Waals surface area contributed by atoms with E-state index in [1.807, 2.05) is 19.1 Å². The number of halogens is 1. The summed E-state index contributed by atoms with van der Waals surface area (Å²) in [4.78, 5) is 20.0. The molecule has 6 nitrogen and oxygen atoms in total.